The van der Waals surface area contributed by atoms with E-state index in [2.05, 4.69) is 5.32 Å². The summed E-state index contributed by atoms with van der Waals surface area (Å²) in [5.74, 6) is -2.48. The fraction of sp³-hybridized carbons (Fsp3) is 0.333. The van der Waals surface area contributed by atoms with Crippen molar-refractivity contribution in [3.8, 4) is 0 Å². The number of nitrogens with zero attached hydrogens (tertiary/aromatic N) is 1. The van der Waals surface area contributed by atoms with Crippen LogP contribution < -0.4 is 10.2 Å². The molecule has 0 spiro atoms. The maximum atomic E-state index is 14.2. The molecule has 3 unspecified atom stereocenters. The van der Waals surface area contributed by atoms with Gasteiger partial charge >= 0.3 is 5.97 Å². The first-order valence-corrected chi connectivity index (χ1v) is 9.19. The van der Waals surface area contributed by atoms with Gasteiger partial charge in [-0.05, 0) is 37.0 Å². The predicted octanol–water partition coefficient (Wildman–Crippen LogP) is 2.91. The summed E-state index contributed by atoms with van der Waals surface area (Å²) in [5, 5.41) is 12.7. The number of nitrogens with one attached hydrogen (secondary N) is 1. The average Bonchev–Trinajstić information content (AvgIpc) is 3.13. The van der Waals surface area contributed by atoms with Gasteiger partial charge in [-0.2, -0.15) is 0 Å². The number of halogens is 1. The van der Waals surface area contributed by atoms with Gasteiger partial charge in [0, 0.05) is 23.8 Å². The lowest BCUT2D eigenvalue weighted by atomic mass is 9.93. The van der Waals surface area contributed by atoms with Gasteiger partial charge in [0.1, 0.15) is 5.82 Å². The summed E-state index contributed by atoms with van der Waals surface area (Å²) in [6.07, 6.45) is 1.94. The first kappa shape index (κ1) is 17.7. The number of carbonyl (C=O) groups excluding carboxylic acids is 1. The second-order valence-electron chi connectivity index (χ2n) is 7.12. The zero-order valence-corrected chi connectivity index (χ0v) is 14.8. The molecular formula is C21H21FN2O3. The molecule has 1 amide bonds. The van der Waals surface area contributed by atoms with E-state index in [0.717, 1.165) is 24.1 Å². The van der Waals surface area contributed by atoms with Crippen LogP contribution in [0.3, 0.4) is 0 Å². The Balaban J connectivity index is 1.61. The van der Waals surface area contributed by atoms with Crippen LogP contribution in [0.15, 0.2) is 48.5 Å². The van der Waals surface area contributed by atoms with Crippen molar-refractivity contribution >= 4 is 17.6 Å². The summed E-state index contributed by atoms with van der Waals surface area (Å²) < 4.78 is 14.2. The molecule has 3 atom stereocenters. The smallest absolute Gasteiger partial charge is 0.308 e. The molecule has 1 saturated heterocycles. The summed E-state index contributed by atoms with van der Waals surface area (Å²) in [4.78, 5) is 26.7. The van der Waals surface area contributed by atoms with Crippen LogP contribution in [0.2, 0.25) is 0 Å². The van der Waals surface area contributed by atoms with Gasteiger partial charge in [-0.15, -0.1) is 0 Å². The fourth-order valence-corrected chi connectivity index (χ4v) is 4.19. The molecule has 2 aliphatic rings. The van der Waals surface area contributed by atoms with Crippen LogP contribution in [0, 0.1) is 11.7 Å². The topological polar surface area (TPSA) is 69.6 Å². The van der Waals surface area contributed by atoms with E-state index >= 15 is 0 Å². The monoisotopic (exact) mass is 368 g/mol. The maximum Gasteiger partial charge on any atom is 0.308 e. The summed E-state index contributed by atoms with van der Waals surface area (Å²) in [6, 6.07) is 12.5. The second kappa shape index (κ2) is 7.12. The van der Waals surface area contributed by atoms with E-state index in [1.165, 1.54) is 6.07 Å². The highest BCUT2D eigenvalue weighted by molar-refractivity contribution is 5.99. The Morgan fingerprint density at radius 2 is 1.85 bits per heavy atom. The van der Waals surface area contributed by atoms with E-state index in [1.807, 2.05) is 24.3 Å². The van der Waals surface area contributed by atoms with E-state index in [9.17, 15) is 19.1 Å². The largest absolute Gasteiger partial charge is 0.481 e. The van der Waals surface area contributed by atoms with E-state index in [1.54, 1.807) is 23.1 Å². The number of benzene rings is 2. The van der Waals surface area contributed by atoms with Gasteiger partial charge in [0.25, 0.3) is 0 Å². The molecule has 2 aliphatic heterocycles. The van der Waals surface area contributed by atoms with Gasteiger partial charge < -0.3 is 10.0 Å². The second-order valence-corrected chi connectivity index (χ2v) is 7.12. The van der Waals surface area contributed by atoms with Crippen LogP contribution in [-0.2, 0) is 16.0 Å². The quantitative estimate of drug-likeness (QED) is 0.874. The molecule has 0 bridgehead atoms. The third-order valence-corrected chi connectivity index (χ3v) is 5.50. The third-order valence-electron chi connectivity index (χ3n) is 5.50. The molecule has 6 heteroatoms. The molecule has 140 valence electrons. The highest BCUT2D eigenvalue weighted by atomic mass is 19.1. The zero-order valence-electron chi connectivity index (χ0n) is 14.8. The number of carbonyl (C=O) groups is 2. The van der Waals surface area contributed by atoms with Crippen LogP contribution in [0.25, 0.3) is 0 Å². The van der Waals surface area contributed by atoms with E-state index in [4.69, 9.17) is 0 Å². The Hall–Kier alpha value is -2.73. The lowest BCUT2D eigenvalue weighted by Gasteiger charge is -2.31. The highest BCUT2D eigenvalue weighted by Crippen LogP contribution is 2.36. The van der Waals surface area contributed by atoms with Crippen LogP contribution in [-0.4, -0.2) is 29.6 Å². The molecule has 2 heterocycles. The number of fused-ring (bicyclic) bond motifs is 1. The number of hydrogen-bond acceptors (Lipinski definition) is 3. The number of rotatable bonds is 3. The fourth-order valence-electron chi connectivity index (χ4n) is 4.19. The third kappa shape index (κ3) is 3.21. The van der Waals surface area contributed by atoms with Gasteiger partial charge in [0.05, 0.1) is 12.0 Å². The van der Waals surface area contributed by atoms with E-state index in [0.29, 0.717) is 12.1 Å². The lowest BCUT2D eigenvalue weighted by Crippen LogP contribution is -2.46. The van der Waals surface area contributed by atoms with Crippen molar-refractivity contribution in [3.05, 3.63) is 65.5 Å². The zero-order chi connectivity index (χ0) is 19.0. The first-order chi connectivity index (χ1) is 13.1. The standard InChI is InChI=1S/C21H21FN2O3/c22-16-9-3-2-8-14(16)19-15(21(26)27)12-17(23-19)20(25)24-11-5-7-13-6-1-4-10-18(13)24/h1-4,6,8-10,15,17,19,23H,5,7,11-12H2,(H,26,27). The van der Waals surface area contributed by atoms with Crippen LogP contribution >= 0.6 is 0 Å². The molecule has 0 aliphatic carbocycles. The Morgan fingerprint density at radius 1 is 1.11 bits per heavy atom. The summed E-state index contributed by atoms with van der Waals surface area (Å²) >= 11 is 0. The minimum atomic E-state index is -1.02. The molecular weight excluding hydrogens is 347 g/mol. The molecule has 2 aromatic rings. The SMILES string of the molecule is O=C(O)C1CC(C(=O)N2CCCc3ccccc32)NC1c1ccccc1F. The van der Waals surface area contributed by atoms with Crippen molar-refractivity contribution in [1.82, 2.24) is 5.32 Å². The van der Waals surface area contributed by atoms with Gasteiger partial charge in [-0.1, -0.05) is 36.4 Å². The van der Waals surface area contributed by atoms with Crippen molar-refractivity contribution in [2.75, 3.05) is 11.4 Å². The minimum absolute atomic E-state index is 0.145. The molecule has 0 aromatic heterocycles. The first-order valence-electron chi connectivity index (χ1n) is 9.19. The molecule has 2 aromatic carbocycles. The molecule has 27 heavy (non-hydrogen) atoms. The highest BCUT2D eigenvalue weighted by Gasteiger charge is 2.44. The van der Waals surface area contributed by atoms with Crippen molar-refractivity contribution in [1.29, 1.82) is 0 Å². The van der Waals surface area contributed by atoms with Crippen LogP contribution in [0.1, 0.15) is 30.0 Å². The number of carboxylic acid groups (broad SMARTS) is 1. The molecule has 4 rings (SSSR count). The van der Waals surface area contributed by atoms with Gasteiger partial charge in [0.2, 0.25) is 5.91 Å². The maximum absolute atomic E-state index is 14.2. The summed E-state index contributed by atoms with van der Waals surface area (Å²) in [5.41, 5.74) is 2.30. The van der Waals surface area contributed by atoms with E-state index < -0.39 is 29.8 Å². The Bertz CT molecular complexity index is 885. The van der Waals surface area contributed by atoms with E-state index in [-0.39, 0.29) is 12.3 Å². The molecule has 2 N–H and O–H groups in total. The van der Waals surface area contributed by atoms with Gasteiger partial charge in [-0.3, -0.25) is 14.9 Å². The van der Waals surface area contributed by atoms with Crippen molar-refractivity contribution in [2.24, 2.45) is 5.92 Å². The number of aryl methyl sites for hydroxylation is 1. The summed E-state index contributed by atoms with van der Waals surface area (Å²) in [6.45, 7) is 0.607. The number of hydrogen-bond donors (Lipinski definition) is 2. The molecule has 1 fully saturated rings. The Labute approximate surface area is 156 Å². The number of para-hydroxylation sites is 1. The minimum Gasteiger partial charge on any atom is -0.481 e. The lowest BCUT2D eigenvalue weighted by molar-refractivity contribution is -0.142. The number of carboxylic acids is 1. The number of anilines is 1. The summed E-state index contributed by atoms with van der Waals surface area (Å²) in [7, 11) is 0. The van der Waals surface area contributed by atoms with Gasteiger partial charge in [0.15, 0.2) is 0 Å². The van der Waals surface area contributed by atoms with Crippen LogP contribution in [0.5, 0.6) is 0 Å². The van der Waals surface area contributed by atoms with Crippen molar-refractivity contribution in [3.63, 3.8) is 0 Å². The molecule has 5 nitrogen and oxygen atoms in total. The van der Waals surface area contributed by atoms with Crippen molar-refractivity contribution < 1.29 is 19.1 Å². The Morgan fingerprint density at radius 3 is 2.63 bits per heavy atom. The molecule has 0 radical (unpaired) electrons. The van der Waals surface area contributed by atoms with Crippen molar-refractivity contribution in [2.45, 2.75) is 31.3 Å². The predicted molar refractivity (Wildman–Crippen MR) is 98.9 cm³/mol. The number of amides is 1. The normalized spacial score (nSPS) is 24.5. The average molecular weight is 368 g/mol. The van der Waals surface area contributed by atoms with Crippen LogP contribution in [0.4, 0.5) is 10.1 Å². The number of aliphatic carboxylic acids is 1. The molecule has 0 saturated carbocycles. The van der Waals surface area contributed by atoms with Gasteiger partial charge in [-0.25, -0.2) is 4.39 Å². The Kier molecular flexibility index (Phi) is 4.66.